The Kier molecular flexibility index (Phi) is 11.1. The number of nitrogens with zero attached hydrogens (tertiary/aromatic N) is 4. The minimum atomic E-state index is -4.49. The van der Waals surface area contributed by atoms with Crippen LogP contribution in [0.15, 0.2) is 41.5 Å². The molecule has 7 nitrogen and oxygen atoms in total. The largest absolute Gasteiger partial charge is 0.433 e. The summed E-state index contributed by atoms with van der Waals surface area (Å²) in [5, 5.41) is 9.13. The summed E-state index contributed by atoms with van der Waals surface area (Å²) in [4.78, 5) is 14.0. The molecule has 33 heavy (non-hydrogen) atoms. The molecule has 0 aliphatic carbocycles. The first-order valence-corrected chi connectivity index (χ1v) is 10.8. The molecule has 1 fully saturated rings. The highest BCUT2D eigenvalue weighted by Gasteiger charge is 2.32. The molecule has 1 aliphatic rings. The fourth-order valence-electron chi connectivity index (χ4n) is 3.50. The Balaban J connectivity index is 0.00000385. The van der Waals surface area contributed by atoms with Crippen molar-refractivity contribution < 1.29 is 13.2 Å². The molecule has 0 radical (unpaired) electrons. The number of halogens is 4. The van der Waals surface area contributed by atoms with Crippen molar-refractivity contribution in [1.82, 2.24) is 25.5 Å². The molecule has 3 N–H and O–H groups in total. The summed E-state index contributed by atoms with van der Waals surface area (Å²) < 4.78 is 38.1. The van der Waals surface area contributed by atoms with Crippen LogP contribution in [0, 0.1) is 0 Å². The van der Waals surface area contributed by atoms with Gasteiger partial charge < -0.3 is 16.0 Å². The van der Waals surface area contributed by atoms with E-state index in [1.807, 2.05) is 0 Å². The highest BCUT2D eigenvalue weighted by Crippen LogP contribution is 2.27. The predicted octanol–water partition coefficient (Wildman–Crippen LogP) is 3.88. The fourth-order valence-corrected chi connectivity index (χ4v) is 3.50. The van der Waals surface area contributed by atoms with Crippen LogP contribution in [-0.4, -0.2) is 54.1 Å². The van der Waals surface area contributed by atoms with Crippen molar-refractivity contribution in [2.75, 3.05) is 38.5 Å². The quantitative estimate of drug-likeness (QED) is 0.192. The van der Waals surface area contributed by atoms with Crippen LogP contribution in [0.1, 0.15) is 36.1 Å². The van der Waals surface area contributed by atoms with Crippen LogP contribution in [0.2, 0.25) is 0 Å². The van der Waals surface area contributed by atoms with Gasteiger partial charge in [-0.2, -0.15) is 13.2 Å². The van der Waals surface area contributed by atoms with Crippen LogP contribution in [-0.2, 0) is 19.3 Å². The maximum atomic E-state index is 12.7. The van der Waals surface area contributed by atoms with Gasteiger partial charge in [-0.1, -0.05) is 30.7 Å². The molecule has 0 amide bonds. The third-order valence-corrected chi connectivity index (χ3v) is 5.21. The molecule has 1 aliphatic heterocycles. The lowest BCUT2D eigenvalue weighted by Crippen LogP contribution is -2.39. The lowest BCUT2D eigenvalue weighted by Gasteiger charge is -2.26. The van der Waals surface area contributed by atoms with Gasteiger partial charge >= 0.3 is 6.18 Å². The Hall–Kier alpha value is -2.15. The molecule has 1 aromatic carbocycles. The normalized spacial score (nSPS) is 15.0. The smallest absolute Gasteiger partial charge is 0.355 e. The van der Waals surface area contributed by atoms with Crippen LogP contribution < -0.4 is 16.0 Å². The van der Waals surface area contributed by atoms with Gasteiger partial charge in [0.2, 0.25) is 5.95 Å². The number of rotatable bonds is 8. The van der Waals surface area contributed by atoms with Crippen molar-refractivity contribution in [1.29, 1.82) is 0 Å². The van der Waals surface area contributed by atoms with E-state index in [4.69, 9.17) is 0 Å². The maximum absolute atomic E-state index is 12.7. The van der Waals surface area contributed by atoms with E-state index >= 15 is 0 Å². The van der Waals surface area contributed by atoms with Crippen molar-refractivity contribution in [3.8, 4) is 0 Å². The summed E-state index contributed by atoms with van der Waals surface area (Å²) >= 11 is 0. The number of hydrogen-bond donors (Lipinski definition) is 3. The third-order valence-electron chi connectivity index (χ3n) is 5.21. The van der Waals surface area contributed by atoms with Gasteiger partial charge in [-0.15, -0.1) is 24.0 Å². The molecule has 0 spiro atoms. The molecule has 0 unspecified atom stereocenters. The molecule has 1 aromatic heterocycles. The van der Waals surface area contributed by atoms with Gasteiger partial charge in [0, 0.05) is 39.4 Å². The van der Waals surface area contributed by atoms with Crippen LogP contribution in [0.4, 0.5) is 19.1 Å². The molecule has 1 saturated heterocycles. The molecule has 0 saturated carbocycles. The first kappa shape index (κ1) is 27.1. The average molecular weight is 577 g/mol. The minimum Gasteiger partial charge on any atom is -0.355 e. The van der Waals surface area contributed by atoms with Gasteiger partial charge in [-0.3, -0.25) is 9.89 Å². The zero-order valence-corrected chi connectivity index (χ0v) is 21.0. The van der Waals surface area contributed by atoms with Crippen molar-refractivity contribution in [3.63, 3.8) is 0 Å². The molecule has 2 aromatic rings. The Bertz CT molecular complexity index is 869. The molecule has 182 valence electrons. The zero-order valence-electron chi connectivity index (χ0n) is 18.7. The molecule has 0 bridgehead atoms. The monoisotopic (exact) mass is 577 g/mol. The summed E-state index contributed by atoms with van der Waals surface area (Å²) in [5.74, 6) is 0.545. The first-order valence-electron chi connectivity index (χ1n) is 10.8. The van der Waals surface area contributed by atoms with Crippen LogP contribution in [0.3, 0.4) is 0 Å². The number of piperidine rings is 1. The van der Waals surface area contributed by atoms with E-state index in [1.54, 1.807) is 7.05 Å². The molecule has 11 heteroatoms. The number of guanidine groups is 1. The lowest BCUT2D eigenvalue weighted by molar-refractivity contribution is -0.141. The summed E-state index contributed by atoms with van der Waals surface area (Å²) in [6.07, 6.45) is 0.512. The standard InChI is InChI=1S/C22H30F3N7.HI/c1-26-20(28-11-12-29-21-27-10-9-19(31-21)22(23,24)25)30-15-17-5-7-18(8-6-17)16-32-13-3-2-4-14-32;/h5-10H,2-4,11-16H2,1H3,(H2,26,28,30)(H,27,29,31);1H. The summed E-state index contributed by atoms with van der Waals surface area (Å²) in [5.41, 5.74) is 1.49. The summed E-state index contributed by atoms with van der Waals surface area (Å²) in [7, 11) is 1.67. The van der Waals surface area contributed by atoms with E-state index in [0.717, 1.165) is 24.4 Å². The highest BCUT2D eigenvalue weighted by atomic mass is 127. The van der Waals surface area contributed by atoms with Crippen LogP contribution >= 0.6 is 24.0 Å². The number of aromatic nitrogens is 2. The van der Waals surface area contributed by atoms with Crippen LogP contribution in [0.25, 0.3) is 0 Å². The van der Waals surface area contributed by atoms with Gasteiger partial charge in [0.15, 0.2) is 5.96 Å². The van der Waals surface area contributed by atoms with Crippen molar-refractivity contribution in [3.05, 3.63) is 53.3 Å². The number of likely N-dealkylation sites (tertiary alicyclic amines) is 1. The second-order valence-corrected chi connectivity index (χ2v) is 7.70. The number of aliphatic imine (C=N–C) groups is 1. The van der Waals surface area contributed by atoms with E-state index in [9.17, 15) is 13.2 Å². The predicted molar refractivity (Wildman–Crippen MR) is 135 cm³/mol. The summed E-state index contributed by atoms with van der Waals surface area (Å²) in [6.45, 7) is 4.76. The second kappa shape index (κ2) is 13.5. The Morgan fingerprint density at radius 3 is 2.36 bits per heavy atom. The molecule has 0 atom stereocenters. The number of anilines is 1. The molecular weight excluding hydrogens is 546 g/mol. The van der Waals surface area contributed by atoms with E-state index in [0.29, 0.717) is 25.6 Å². The third kappa shape index (κ3) is 9.32. The van der Waals surface area contributed by atoms with E-state index < -0.39 is 11.9 Å². The van der Waals surface area contributed by atoms with Crippen molar-refractivity contribution in [2.45, 2.75) is 38.5 Å². The highest BCUT2D eigenvalue weighted by molar-refractivity contribution is 14.0. The Morgan fingerprint density at radius 2 is 1.70 bits per heavy atom. The van der Waals surface area contributed by atoms with E-state index in [2.05, 4.69) is 60.1 Å². The number of benzene rings is 1. The molecule has 3 rings (SSSR count). The number of alkyl halides is 3. The first-order chi connectivity index (χ1) is 15.4. The lowest BCUT2D eigenvalue weighted by atomic mass is 10.1. The van der Waals surface area contributed by atoms with Gasteiger partial charge in [0.05, 0.1) is 0 Å². The summed E-state index contributed by atoms with van der Waals surface area (Å²) in [6, 6.07) is 9.41. The van der Waals surface area contributed by atoms with E-state index in [-0.39, 0.29) is 29.9 Å². The number of hydrogen-bond acceptors (Lipinski definition) is 5. The van der Waals surface area contributed by atoms with Crippen LogP contribution in [0.5, 0.6) is 0 Å². The second-order valence-electron chi connectivity index (χ2n) is 7.70. The van der Waals surface area contributed by atoms with Gasteiger partial charge in [0.25, 0.3) is 0 Å². The topological polar surface area (TPSA) is 77.5 Å². The van der Waals surface area contributed by atoms with Crippen molar-refractivity contribution >= 4 is 35.9 Å². The van der Waals surface area contributed by atoms with E-state index in [1.165, 1.54) is 37.9 Å². The molecular formula is C22H31F3IN7. The Morgan fingerprint density at radius 1 is 1.00 bits per heavy atom. The van der Waals surface area contributed by atoms with Crippen molar-refractivity contribution in [2.24, 2.45) is 4.99 Å². The fraction of sp³-hybridized carbons (Fsp3) is 0.500. The molecule has 2 heterocycles. The number of nitrogens with one attached hydrogen (secondary N) is 3. The van der Waals surface area contributed by atoms with Gasteiger partial charge in [0.1, 0.15) is 5.69 Å². The van der Waals surface area contributed by atoms with Gasteiger partial charge in [-0.05, 0) is 43.1 Å². The Labute approximate surface area is 209 Å². The minimum absolute atomic E-state index is 0. The SMILES string of the molecule is CN=C(NCCNc1nccc(C(F)(F)F)n1)NCc1ccc(CN2CCCCC2)cc1.I. The zero-order chi connectivity index (χ0) is 22.8. The van der Waals surface area contributed by atoms with Gasteiger partial charge in [-0.25, -0.2) is 9.97 Å². The maximum Gasteiger partial charge on any atom is 0.433 e. The average Bonchev–Trinajstić information content (AvgIpc) is 2.80.